The van der Waals surface area contributed by atoms with E-state index in [4.69, 9.17) is 16.3 Å². The molecule has 3 rings (SSSR count). The summed E-state index contributed by atoms with van der Waals surface area (Å²) in [5.41, 5.74) is 1.73. The second kappa shape index (κ2) is 22.4. The lowest BCUT2D eigenvalue weighted by Crippen LogP contribution is -2.31. The number of carbonyl (C=O) groups excluding carboxylic acids is 2. The Hall–Kier alpha value is -3.36. The number of nitrogens with one attached hydrogen (secondary N) is 2. The van der Waals surface area contributed by atoms with Crippen LogP contribution in [0.15, 0.2) is 77.7 Å². The number of aryl methyl sites for hydroxylation is 1. The molecule has 0 heterocycles. The van der Waals surface area contributed by atoms with Gasteiger partial charge in [0.05, 0.1) is 22.8 Å². The Labute approximate surface area is 299 Å². The van der Waals surface area contributed by atoms with Crippen molar-refractivity contribution >= 4 is 44.7 Å². The first kappa shape index (κ1) is 40.1. The van der Waals surface area contributed by atoms with E-state index in [0.29, 0.717) is 18.0 Å². The van der Waals surface area contributed by atoms with E-state index in [0.717, 1.165) is 18.4 Å². The fourth-order valence-corrected chi connectivity index (χ4v) is 6.90. The molecule has 1 atom stereocenters. The van der Waals surface area contributed by atoms with E-state index >= 15 is 0 Å². The molecule has 0 aliphatic carbocycles. The number of halogens is 1. The summed E-state index contributed by atoms with van der Waals surface area (Å²) in [5.74, 6) is -0.893. The lowest BCUT2D eigenvalue weighted by molar-refractivity contribution is -0.115. The summed E-state index contributed by atoms with van der Waals surface area (Å²) in [5, 5.41) is 1.11. The van der Waals surface area contributed by atoms with Crippen LogP contribution in [0, 0.1) is 6.92 Å². The van der Waals surface area contributed by atoms with Crippen LogP contribution in [0.4, 0.5) is 11.4 Å². The van der Waals surface area contributed by atoms with E-state index in [1.165, 1.54) is 108 Å². The van der Waals surface area contributed by atoms with Crippen molar-refractivity contribution in [2.75, 3.05) is 16.6 Å². The van der Waals surface area contributed by atoms with Gasteiger partial charge in [-0.25, -0.2) is 8.42 Å². The maximum Gasteiger partial charge on any atom is 0.261 e. The Bertz CT molecular complexity index is 1530. The van der Waals surface area contributed by atoms with E-state index in [1.54, 1.807) is 54.6 Å². The molecule has 2 N–H and O–H groups in total. The smallest absolute Gasteiger partial charge is 0.261 e. The standard InChI is InChI=1S/C40H55ClN2O5S/c1-3-4-5-6-7-8-9-10-11-12-13-14-15-16-17-20-30-48-37-25-19-18-24-36(37)39(44)38(41)40(45)42-33-22-21-23-34(31-33)43-49(46,47)35-28-26-32(2)27-29-35/h18-19,21-29,31,38,43H,3-17,20,30H2,1-2H3,(H,42,45). The normalized spacial score (nSPS) is 12.0. The van der Waals surface area contributed by atoms with Crippen molar-refractivity contribution in [2.45, 2.75) is 127 Å². The fourth-order valence-electron chi connectivity index (χ4n) is 5.68. The minimum absolute atomic E-state index is 0.120. The largest absolute Gasteiger partial charge is 0.493 e. The third-order valence-corrected chi connectivity index (χ3v) is 10.4. The molecule has 7 nitrogen and oxygen atoms in total. The molecule has 49 heavy (non-hydrogen) atoms. The number of ether oxygens (including phenoxy) is 1. The zero-order valence-corrected chi connectivity index (χ0v) is 30.9. The van der Waals surface area contributed by atoms with Gasteiger partial charge < -0.3 is 10.1 Å². The Morgan fingerprint density at radius 1 is 0.694 bits per heavy atom. The van der Waals surface area contributed by atoms with Gasteiger partial charge in [0.15, 0.2) is 11.2 Å². The average molecular weight is 711 g/mol. The molecule has 0 aliphatic heterocycles. The van der Waals surface area contributed by atoms with E-state index in [-0.39, 0.29) is 16.1 Å². The molecule has 3 aromatic carbocycles. The molecule has 268 valence electrons. The van der Waals surface area contributed by atoms with Gasteiger partial charge >= 0.3 is 0 Å². The number of Topliss-reactive ketones (excluding diaryl/α,β-unsaturated/α-hetero) is 1. The third-order valence-electron chi connectivity index (χ3n) is 8.58. The van der Waals surface area contributed by atoms with E-state index in [2.05, 4.69) is 17.0 Å². The topological polar surface area (TPSA) is 102 Å². The second-order valence-electron chi connectivity index (χ2n) is 12.9. The van der Waals surface area contributed by atoms with E-state index < -0.39 is 27.1 Å². The van der Waals surface area contributed by atoms with Crippen LogP contribution in [-0.2, 0) is 14.8 Å². The van der Waals surface area contributed by atoms with Crippen molar-refractivity contribution in [3.8, 4) is 5.75 Å². The van der Waals surface area contributed by atoms with Gasteiger partial charge in [-0.1, -0.05) is 139 Å². The highest BCUT2D eigenvalue weighted by Gasteiger charge is 2.28. The molecule has 9 heteroatoms. The van der Waals surface area contributed by atoms with Gasteiger partial charge in [0.1, 0.15) is 5.75 Å². The zero-order valence-electron chi connectivity index (χ0n) is 29.4. The second-order valence-corrected chi connectivity index (χ2v) is 15.0. The summed E-state index contributed by atoms with van der Waals surface area (Å²) in [6.45, 7) is 4.62. The lowest BCUT2D eigenvalue weighted by Gasteiger charge is -2.14. The van der Waals surface area contributed by atoms with Crippen LogP contribution in [0.5, 0.6) is 5.75 Å². The Morgan fingerprint density at radius 3 is 1.82 bits per heavy atom. The maximum atomic E-state index is 13.3. The summed E-state index contributed by atoms with van der Waals surface area (Å²) in [6.07, 6.45) is 20.7. The van der Waals surface area contributed by atoms with Crippen molar-refractivity contribution in [1.29, 1.82) is 0 Å². The first-order valence-corrected chi connectivity index (χ1v) is 20.0. The number of para-hydroxylation sites is 1. The van der Waals surface area contributed by atoms with Gasteiger partial charge in [-0.15, -0.1) is 11.6 Å². The van der Waals surface area contributed by atoms with Crippen LogP contribution >= 0.6 is 11.6 Å². The first-order chi connectivity index (χ1) is 23.7. The molecule has 0 saturated carbocycles. The van der Waals surface area contributed by atoms with Crippen molar-refractivity contribution < 1.29 is 22.7 Å². The predicted molar refractivity (Wildman–Crippen MR) is 203 cm³/mol. The van der Waals surface area contributed by atoms with Gasteiger partial charge in [-0.2, -0.15) is 0 Å². The van der Waals surface area contributed by atoms with Crippen molar-refractivity contribution in [2.24, 2.45) is 0 Å². The number of anilines is 2. The number of alkyl halides is 1. The number of amides is 1. The summed E-state index contributed by atoms with van der Waals surface area (Å²) in [7, 11) is -3.83. The van der Waals surface area contributed by atoms with Gasteiger partial charge in [-0.3, -0.25) is 14.3 Å². The molecule has 0 spiro atoms. The molecule has 0 aliphatic rings. The first-order valence-electron chi connectivity index (χ1n) is 18.1. The fraction of sp³-hybridized carbons (Fsp3) is 0.500. The van der Waals surface area contributed by atoms with Crippen LogP contribution in [0.25, 0.3) is 0 Å². The average Bonchev–Trinajstić information content (AvgIpc) is 3.09. The van der Waals surface area contributed by atoms with E-state index in [9.17, 15) is 18.0 Å². The summed E-state index contributed by atoms with van der Waals surface area (Å²) < 4.78 is 34.1. The molecule has 1 unspecified atom stereocenters. The summed E-state index contributed by atoms with van der Waals surface area (Å²) >= 11 is 6.36. The molecule has 0 saturated heterocycles. The number of benzene rings is 3. The number of unbranched alkanes of at least 4 members (excludes halogenated alkanes) is 15. The number of ketones is 1. The molecule has 0 radical (unpaired) electrons. The maximum absolute atomic E-state index is 13.3. The van der Waals surface area contributed by atoms with Gasteiger partial charge in [0, 0.05) is 5.69 Å². The molecule has 0 fully saturated rings. The highest BCUT2D eigenvalue weighted by molar-refractivity contribution is 7.92. The number of hydrogen-bond donors (Lipinski definition) is 2. The SMILES string of the molecule is CCCCCCCCCCCCCCCCCCOc1ccccc1C(=O)C(Cl)C(=O)Nc1cccc(NS(=O)(=O)c2ccc(C)cc2)c1. The van der Waals surface area contributed by atoms with Gasteiger partial charge in [0.25, 0.3) is 10.0 Å². The highest BCUT2D eigenvalue weighted by atomic mass is 35.5. The Balaban J connectivity index is 1.35. The van der Waals surface area contributed by atoms with Crippen molar-refractivity contribution in [3.05, 3.63) is 83.9 Å². The quantitative estimate of drug-likeness (QED) is 0.0394. The zero-order chi connectivity index (χ0) is 35.3. The molecule has 0 aromatic heterocycles. The predicted octanol–water partition coefficient (Wildman–Crippen LogP) is 10.9. The third kappa shape index (κ3) is 15.0. The highest BCUT2D eigenvalue weighted by Crippen LogP contribution is 2.24. The van der Waals surface area contributed by atoms with Gasteiger partial charge in [-0.05, 0) is 55.8 Å². The van der Waals surface area contributed by atoms with Crippen LogP contribution in [0.2, 0.25) is 0 Å². The Kier molecular flexibility index (Phi) is 18.3. The molecule has 0 bridgehead atoms. The van der Waals surface area contributed by atoms with Crippen LogP contribution in [0.1, 0.15) is 126 Å². The number of sulfonamides is 1. The van der Waals surface area contributed by atoms with Crippen molar-refractivity contribution in [3.63, 3.8) is 0 Å². The minimum Gasteiger partial charge on any atom is -0.493 e. The monoisotopic (exact) mass is 710 g/mol. The Morgan fingerprint density at radius 2 is 1.22 bits per heavy atom. The van der Waals surface area contributed by atoms with Crippen molar-refractivity contribution in [1.82, 2.24) is 0 Å². The minimum atomic E-state index is -3.83. The number of hydrogen-bond acceptors (Lipinski definition) is 5. The van der Waals surface area contributed by atoms with Crippen LogP contribution < -0.4 is 14.8 Å². The van der Waals surface area contributed by atoms with Crippen LogP contribution in [0.3, 0.4) is 0 Å². The van der Waals surface area contributed by atoms with E-state index in [1.807, 2.05) is 6.92 Å². The lowest BCUT2D eigenvalue weighted by atomic mass is 10.0. The number of carbonyl (C=O) groups is 2. The molecule has 3 aromatic rings. The summed E-state index contributed by atoms with van der Waals surface area (Å²) in [6, 6.07) is 19.5. The molecular formula is C40H55ClN2O5S. The molecule has 1 amide bonds. The van der Waals surface area contributed by atoms with Crippen LogP contribution in [-0.4, -0.2) is 32.1 Å². The van der Waals surface area contributed by atoms with Gasteiger partial charge in [0.2, 0.25) is 5.91 Å². The number of rotatable bonds is 25. The molecular weight excluding hydrogens is 656 g/mol. The summed E-state index contributed by atoms with van der Waals surface area (Å²) in [4.78, 5) is 26.3.